The van der Waals surface area contributed by atoms with E-state index in [0.29, 0.717) is 36.7 Å². The molecule has 1 aromatic carbocycles. The van der Waals surface area contributed by atoms with Gasteiger partial charge in [0.25, 0.3) is 5.69 Å². The van der Waals surface area contributed by atoms with Crippen LogP contribution in [-0.2, 0) is 6.42 Å². The molecule has 98 valence electrons. The Labute approximate surface area is 104 Å². The maximum Gasteiger partial charge on any atom is 0.276 e. The van der Waals surface area contributed by atoms with Crippen LogP contribution in [-0.4, -0.2) is 29.3 Å². The van der Waals surface area contributed by atoms with Crippen LogP contribution in [0.1, 0.15) is 18.9 Å². The highest BCUT2D eigenvalue weighted by atomic mass is 16.6. The van der Waals surface area contributed by atoms with Gasteiger partial charge in [0.15, 0.2) is 11.5 Å². The second kappa shape index (κ2) is 5.22. The Balaban J connectivity index is 2.39. The zero-order chi connectivity index (χ0) is 13.1. The standard InChI is InChI=1S/C12H15NO5/c1-2-9(14)5-8-6-11-12(18-4-3-17-11)7-10(8)13(15)16/h6-7,9,14H,2-5H2,1H3. The zero-order valence-corrected chi connectivity index (χ0v) is 10.1. The molecule has 0 aliphatic carbocycles. The number of fused-ring (bicyclic) bond motifs is 1. The van der Waals surface area contributed by atoms with Crippen LogP contribution in [0.5, 0.6) is 11.5 Å². The highest BCUT2D eigenvalue weighted by Crippen LogP contribution is 2.37. The number of aliphatic hydroxyl groups excluding tert-OH is 1. The van der Waals surface area contributed by atoms with Crippen molar-refractivity contribution in [2.24, 2.45) is 0 Å². The molecule has 0 aromatic heterocycles. The number of hydrogen-bond acceptors (Lipinski definition) is 5. The summed E-state index contributed by atoms with van der Waals surface area (Å²) in [4.78, 5) is 10.5. The molecular weight excluding hydrogens is 238 g/mol. The summed E-state index contributed by atoms with van der Waals surface area (Å²) in [5.41, 5.74) is 0.436. The minimum absolute atomic E-state index is 0.0354. The Morgan fingerprint density at radius 2 is 2.00 bits per heavy atom. The van der Waals surface area contributed by atoms with E-state index in [-0.39, 0.29) is 12.1 Å². The van der Waals surface area contributed by atoms with Gasteiger partial charge >= 0.3 is 0 Å². The lowest BCUT2D eigenvalue weighted by molar-refractivity contribution is -0.385. The molecule has 1 unspecified atom stereocenters. The minimum Gasteiger partial charge on any atom is -0.486 e. The molecule has 0 saturated heterocycles. The fraction of sp³-hybridized carbons (Fsp3) is 0.500. The molecule has 1 N–H and O–H groups in total. The number of nitro benzene ring substituents is 1. The van der Waals surface area contributed by atoms with Crippen molar-refractivity contribution in [3.8, 4) is 11.5 Å². The fourth-order valence-electron chi connectivity index (χ4n) is 1.85. The van der Waals surface area contributed by atoms with Crippen LogP contribution in [0.4, 0.5) is 5.69 Å². The molecular formula is C12H15NO5. The van der Waals surface area contributed by atoms with E-state index in [1.165, 1.54) is 6.07 Å². The molecule has 6 heteroatoms. The van der Waals surface area contributed by atoms with Gasteiger partial charge in [-0.1, -0.05) is 6.92 Å². The van der Waals surface area contributed by atoms with E-state index in [9.17, 15) is 15.2 Å². The monoisotopic (exact) mass is 253 g/mol. The van der Waals surface area contributed by atoms with Crippen molar-refractivity contribution >= 4 is 5.69 Å². The van der Waals surface area contributed by atoms with Crippen LogP contribution < -0.4 is 9.47 Å². The molecule has 1 aliphatic heterocycles. The van der Waals surface area contributed by atoms with Gasteiger partial charge in [-0.3, -0.25) is 10.1 Å². The van der Waals surface area contributed by atoms with Crippen molar-refractivity contribution in [1.82, 2.24) is 0 Å². The summed E-state index contributed by atoms with van der Waals surface area (Å²) < 4.78 is 10.7. The SMILES string of the molecule is CCC(O)Cc1cc2c(cc1[N+](=O)[O-])OCCO2. The summed E-state index contributed by atoms with van der Waals surface area (Å²) >= 11 is 0. The first-order chi connectivity index (χ1) is 8.61. The highest BCUT2D eigenvalue weighted by molar-refractivity contribution is 5.55. The van der Waals surface area contributed by atoms with Crippen molar-refractivity contribution in [3.05, 3.63) is 27.8 Å². The number of benzene rings is 1. The van der Waals surface area contributed by atoms with Crippen LogP contribution in [0, 0.1) is 10.1 Å². The molecule has 1 aromatic rings. The van der Waals surface area contributed by atoms with Crippen molar-refractivity contribution in [3.63, 3.8) is 0 Å². The number of ether oxygens (including phenoxy) is 2. The molecule has 1 atom stereocenters. The third-order valence-electron chi connectivity index (χ3n) is 2.87. The summed E-state index contributed by atoms with van der Waals surface area (Å²) in [5.74, 6) is 0.896. The Kier molecular flexibility index (Phi) is 3.66. The van der Waals surface area contributed by atoms with E-state index >= 15 is 0 Å². The van der Waals surface area contributed by atoms with Crippen molar-refractivity contribution in [1.29, 1.82) is 0 Å². The predicted octanol–water partition coefficient (Wildman–Crippen LogP) is 1.68. The second-order valence-electron chi connectivity index (χ2n) is 4.15. The van der Waals surface area contributed by atoms with Crippen LogP contribution in [0.3, 0.4) is 0 Å². The van der Waals surface area contributed by atoms with Crippen LogP contribution in [0.15, 0.2) is 12.1 Å². The van der Waals surface area contributed by atoms with Gasteiger partial charge < -0.3 is 14.6 Å². The summed E-state index contributed by atoms with van der Waals surface area (Å²) in [6.07, 6.45) is 0.195. The molecule has 0 spiro atoms. The van der Waals surface area contributed by atoms with Gasteiger partial charge in [0.2, 0.25) is 0 Å². The topological polar surface area (TPSA) is 81.8 Å². The first-order valence-electron chi connectivity index (χ1n) is 5.86. The Morgan fingerprint density at radius 3 is 2.56 bits per heavy atom. The van der Waals surface area contributed by atoms with Crippen LogP contribution in [0.2, 0.25) is 0 Å². The van der Waals surface area contributed by atoms with Gasteiger partial charge in [-0.2, -0.15) is 0 Å². The molecule has 18 heavy (non-hydrogen) atoms. The largest absolute Gasteiger partial charge is 0.486 e. The van der Waals surface area contributed by atoms with Gasteiger partial charge in [0.05, 0.1) is 17.1 Å². The summed E-state index contributed by atoms with van der Waals surface area (Å²) in [6, 6.07) is 2.96. The lowest BCUT2D eigenvalue weighted by Crippen LogP contribution is -2.17. The van der Waals surface area contributed by atoms with Gasteiger partial charge in [0.1, 0.15) is 13.2 Å². The average molecular weight is 253 g/mol. The Morgan fingerprint density at radius 1 is 1.39 bits per heavy atom. The average Bonchev–Trinajstić information content (AvgIpc) is 2.37. The second-order valence-corrected chi connectivity index (χ2v) is 4.15. The predicted molar refractivity (Wildman–Crippen MR) is 64.1 cm³/mol. The van der Waals surface area contributed by atoms with Gasteiger partial charge in [0, 0.05) is 12.0 Å². The van der Waals surface area contributed by atoms with E-state index in [4.69, 9.17) is 9.47 Å². The molecule has 0 amide bonds. The first kappa shape index (κ1) is 12.6. The molecule has 6 nitrogen and oxygen atoms in total. The normalized spacial score (nSPS) is 15.2. The number of aliphatic hydroxyl groups is 1. The van der Waals surface area contributed by atoms with E-state index < -0.39 is 11.0 Å². The van der Waals surface area contributed by atoms with E-state index in [0.717, 1.165) is 0 Å². The minimum atomic E-state index is -0.591. The molecule has 0 fully saturated rings. The number of rotatable bonds is 4. The maximum absolute atomic E-state index is 11.0. The third-order valence-corrected chi connectivity index (χ3v) is 2.87. The molecule has 0 radical (unpaired) electrons. The first-order valence-corrected chi connectivity index (χ1v) is 5.86. The van der Waals surface area contributed by atoms with E-state index in [2.05, 4.69) is 0 Å². The Bertz CT molecular complexity index is 460. The highest BCUT2D eigenvalue weighted by Gasteiger charge is 2.23. The lowest BCUT2D eigenvalue weighted by atomic mass is 10.0. The molecule has 1 heterocycles. The lowest BCUT2D eigenvalue weighted by Gasteiger charge is -2.19. The Hall–Kier alpha value is -1.82. The molecule has 0 saturated carbocycles. The smallest absolute Gasteiger partial charge is 0.276 e. The van der Waals surface area contributed by atoms with Gasteiger partial charge in [-0.25, -0.2) is 0 Å². The summed E-state index contributed by atoms with van der Waals surface area (Å²) in [5, 5.41) is 20.6. The van der Waals surface area contributed by atoms with Crippen molar-refractivity contribution < 1.29 is 19.5 Å². The number of nitrogens with zero attached hydrogens (tertiary/aromatic N) is 1. The summed E-state index contributed by atoms with van der Waals surface area (Å²) in [6.45, 7) is 2.65. The quantitative estimate of drug-likeness (QED) is 0.652. The maximum atomic E-state index is 11.0. The van der Waals surface area contributed by atoms with Crippen molar-refractivity contribution in [2.45, 2.75) is 25.9 Å². The van der Waals surface area contributed by atoms with Gasteiger partial charge in [-0.05, 0) is 12.5 Å². The zero-order valence-electron chi connectivity index (χ0n) is 10.1. The van der Waals surface area contributed by atoms with Crippen molar-refractivity contribution in [2.75, 3.05) is 13.2 Å². The van der Waals surface area contributed by atoms with E-state index in [1.54, 1.807) is 6.07 Å². The van der Waals surface area contributed by atoms with Gasteiger partial charge in [-0.15, -0.1) is 0 Å². The van der Waals surface area contributed by atoms with E-state index in [1.807, 2.05) is 6.92 Å². The third kappa shape index (κ3) is 2.53. The van der Waals surface area contributed by atoms with Crippen LogP contribution in [0.25, 0.3) is 0 Å². The molecule has 0 bridgehead atoms. The number of nitro groups is 1. The summed E-state index contributed by atoms with van der Waals surface area (Å²) in [7, 11) is 0. The molecule has 2 rings (SSSR count). The molecule has 1 aliphatic rings. The fourth-order valence-corrected chi connectivity index (χ4v) is 1.85. The number of hydrogen-bond donors (Lipinski definition) is 1. The van der Waals surface area contributed by atoms with Crippen LogP contribution >= 0.6 is 0 Å².